The smallest absolute Gasteiger partial charge is 0.258 e. The van der Waals surface area contributed by atoms with E-state index in [0.29, 0.717) is 11.4 Å². The molecule has 32 heavy (non-hydrogen) atoms. The lowest BCUT2D eigenvalue weighted by Crippen LogP contribution is -2.44. The molecule has 4 heterocycles. The Labute approximate surface area is 184 Å². The molecule has 1 fully saturated rings. The first-order valence-corrected chi connectivity index (χ1v) is 10.4. The maximum Gasteiger partial charge on any atom is 0.258 e. The number of aromatic nitrogens is 6. The average molecular weight is 429 g/mol. The second-order valence-corrected chi connectivity index (χ2v) is 7.93. The molecule has 3 aromatic heterocycles. The van der Waals surface area contributed by atoms with E-state index in [4.69, 9.17) is 0 Å². The summed E-state index contributed by atoms with van der Waals surface area (Å²) in [7, 11) is 3.94. The number of likely N-dealkylation sites (N-methyl/N-ethyl adjacent to an activating group) is 1. The van der Waals surface area contributed by atoms with Gasteiger partial charge >= 0.3 is 0 Å². The summed E-state index contributed by atoms with van der Waals surface area (Å²) in [5.41, 5.74) is 2.88. The number of hydrogen-bond acceptors (Lipinski definition) is 8. The zero-order valence-electron chi connectivity index (χ0n) is 17.9. The maximum atomic E-state index is 12.7. The van der Waals surface area contributed by atoms with Crippen LogP contribution in [0.1, 0.15) is 10.4 Å². The molecule has 0 unspecified atom stereocenters. The van der Waals surface area contributed by atoms with Crippen LogP contribution in [0.15, 0.2) is 48.8 Å². The van der Waals surface area contributed by atoms with Gasteiger partial charge in [-0.1, -0.05) is 11.3 Å². The van der Waals surface area contributed by atoms with Crippen LogP contribution >= 0.6 is 0 Å². The van der Waals surface area contributed by atoms with Crippen molar-refractivity contribution >= 4 is 28.4 Å². The summed E-state index contributed by atoms with van der Waals surface area (Å²) in [5, 5.41) is 20.1. The number of nitrogens with zero attached hydrogens (tertiary/aromatic N) is 8. The molecular formula is C22H23N9O. The quantitative estimate of drug-likeness (QED) is 0.524. The Morgan fingerprint density at radius 3 is 2.53 bits per heavy atom. The van der Waals surface area contributed by atoms with Crippen molar-refractivity contribution in [3.8, 4) is 11.3 Å². The van der Waals surface area contributed by atoms with Crippen LogP contribution in [-0.2, 0) is 7.05 Å². The fourth-order valence-corrected chi connectivity index (χ4v) is 3.68. The first kappa shape index (κ1) is 20.0. The number of aryl methyl sites for hydroxylation is 1. The number of piperazine rings is 1. The molecule has 0 atom stereocenters. The predicted octanol–water partition coefficient (Wildman–Crippen LogP) is 1.82. The van der Waals surface area contributed by atoms with Crippen LogP contribution in [0.5, 0.6) is 0 Å². The monoisotopic (exact) mass is 429 g/mol. The lowest BCUT2D eigenvalue weighted by atomic mass is 10.1. The van der Waals surface area contributed by atoms with Crippen molar-refractivity contribution in [3.63, 3.8) is 0 Å². The summed E-state index contributed by atoms with van der Waals surface area (Å²) in [4.78, 5) is 21.7. The van der Waals surface area contributed by atoms with Crippen molar-refractivity contribution in [3.05, 3.63) is 54.4 Å². The number of benzene rings is 1. The molecule has 0 spiro atoms. The van der Waals surface area contributed by atoms with E-state index in [1.165, 1.54) is 0 Å². The number of carbonyl (C=O) groups excluding carboxylic acids is 1. The van der Waals surface area contributed by atoms with Gasteiger partial charge in [0.1, 0.15) is 11.5 Å². The standard InChI is InChI=1S/C22H23N9O/c1-29-7-9-31(10-8-29)21-6-4-16(13-23-21)22(32)24-20-12-17-11-15(3-5-18(17)25-27-20)19-14-30(2)28-26-19/h3-6,11-14H,7-10H2,1-2H3,(H,24,27,32). The van der Waals surface area contributed by atoms with E-state index in [1.54, 1.807) is 23.0 Å². The summed E-state index contributed by atoms with van der Waals surface area (Å²) >= 11 is 0. The molecular weight excluding hydrogens is 406 g/mol. The molecule has 1 aliphatic rings. The van der Waals surface area contributed by atoms with E-state index >= 15 is 0 Å². The van der Waals surface area contributed by atoms with Crippen LogP contribution < -0.4 is 10.2 Å². The molecule has 0 saturated carbocycles. The van der Waals surface area contributed by atoms with Gasteiger partial charge in [-0.15, -0.1) is 15.3 Å². The highest BCUT2D eigenvalue weighted by atomic mass is 16.1. The Morgan fingerprint density at radius 1 is 0.969 bits per heavy atom. The first-order valence-electron chi connectivity index (χ1n) is 10.4. The van der Waals surface area contributed by atoms with Gasteiger partial charge in [-0.2, -0.15) is 0 Å². The molecule has 0 aliphatic carbocycles. The lowest BCUT2D eigenvalue weighted by molar-refractivity contribution is 0.102. The van der Waals surface area contributed by atoms with Gasteiger partial charge in [-0.05, 0) is 37.4 Å². The number of amides is 1. The van der Waals surface area contributed by atoms with Crippen LogP contribution in [0.2, 0.25) is 0 Å². The molecule has 0 radical (unpaired) electrons. The van der Waals surface area contributed by atoms with Crippen molar-refractivity contribution in [2.45, 2.75) is 0 Å². The second-order valence-electron chi connectivity index (χ2n) is 7.93. The van der Waals surface area contributed by atoms with E-state index in [-0.39, 0.29) is 5.91 Å². The molecule has 1 N–H and O–H groups in total. The molecule has 10 nitrogen and oxygen atoms in total. The van der Waals surface area contributed by atoms with Crippen LogP contribution in [0, 0.1) is 0 Å². The third kappa shape index (κ3) is 4.12. The highest BCUT2D eigenvalue weighted by Gasteiger charge is 2.16. The van der Waals surface area contributed by atoms with E-state index in [9.17, 15) is 4.79 Å². The average Bonchev–Trinajstić information content (AvgIpc) is 3.25. The SMILES string of the molecule is CN1CCN(c2ccc(C(=O)Nc3cc4cc(-c5cn(C)nn5)ccc4nn3)cn2)CC1. The summed E-state index contributed by atoms with van der Waals surface area (Å²) in [5.74, 6) is 0.986. The van der Waals surface area contributed by atoms with Gasteiger partial charge in [0, 0.05) is 50.4 Å². The minimum Gasteiger partial charge on any atom is -0.354 e. The molecule has 10 heteroatoms. The Bertz CT molecular complexity index is 1260. The van der Waals surface area contributed by atoms with E-state index in [1.807, 2.05) is 37.5 Å². The number of pyridine rings is 1. The van der Waals surface area contributed by atoms with E-state index < -0.39 is 0 Å². The van der Waals surface area contributed by atoms with E-state index in [2.05, 4.69) is 47.7 Å². The second kappa shape index (κ2) is 8.31. The number of anilines is 2. The van der Waals surface area contributed by atoms with Crippen LogP contribution in [0.3, 0.4) is 0 Å². The molecule has 162 valence electrons. The predicted molar refractivity (Wildman–Crippen MR) is 121 cm³/mol. The Morgan fingerprint density at radius 2 is 1.81 bits per heavy atom. The van der Waals surface area contributed by atoms with Gasteiger partial charge in [-0.3, -0.25) is 9.48 Å². The van der Waals surface area contributed by atoms with Crippen LogP contribution in [0.25, 0.3) is 22.2 Å². The topological polar surface area (TPSA) is 105 Å². The molecule has 1 amide bonds. The van der Waals surface area contributed by atoms with Crippen molar-refractivity contribution in [1.82, 2.24) is 35.1 Å². The third-order valence-corrected chi connectivity index (χ3v) is 5.56. The van der Waals surface area contributed by atoms with Gasteiger partial charge in [0.15, 0.2) is 5.82 Å². The Balaban J connectivity index is 1.31. The number of hydrogen-bond donors (Lipinski definition) is 1. The van der Waals surface area contributed by atoms with Gasteiger partial charge in [0.2, 0.25) is 0 Å². The fraction of sp³-hybridized carbons (Fsp3) is 0.273. The summed E-state index contributed by atoms with van der Waals surface area (Å²) in [6.45, 7) is 3.86. The zero-order chi connectivity index (χ0) is 22.1. The number of nitrogens with one attached hydrogen (secondary N) is 1. The lowest BCUT2D eigenvalue weighted by Gasteiger charge is -2.33. The van der Waals surface area contributed by atoms with Crippen molar-refractivity contribution in [2.24, 2.45) is 7.05 Å². The third-order valence-electron chi connectivity index (χ3n) is 5.56. The molecule has 4 aromatic rings. The van der Waals surface area contributed by atoms with Crippen molar-refractivity contribution in [1.29, 1.82) is 0 Å². The van der Waals surface area contributed by atoms with Gasteiger partial charge in [-0.25, -0.2) is 4.98 Å². The highest BCUT2D eigenvalue weighted by Crippen LogP contribution is 2.23. The first-order chi connectivity index (χ1) is 15.5. The summed E-state index contributed by atoms with van der Waals surface area (Å²) < 4.78 is 1.65. The van der Waals surface area contributed by atoms with E-state index in [0.717, 1.165) is 54.2 Å². The minimum absolute atomic E-state index is 0.277. The highest BCUT2D eigenvalue weighted by molar-refractivity contribution is 6.04. The zero-order valence-corrected chi connectivity index (χ0v) is 17.9. The largest absolute Gasteiger partial charge is 0.354 e. The van der Waals surface area contributed by atoms with Crippen LogP contribution in [-0.4, -0.2) is 74.2 Å². The maximum absolute atomic E-state index is 12.7. The van der Waals surface area contributed by atoms with Crippen molar-refractivity contribution < 1.29 is 4.79 Å². The van der Waals surface area contributed by atoms with Crippen molar-refractivity contribution in [2.75, 3.05) is 43.4 Å². The Hall–Kier alpha value is -3.92. The molecule has 1 aromatic carbocycles. The number of fused-ring (bicyclic) bond motifs is 1. The van der Waals surface area contributed by atoms with Crippen LogP contribution in [0.4, 0.5) is 11.6 Å². The van der Waals surface area contributed by atoms with Gasteiger partial charge < -0.3 is 15.1 Å². The summed E-state index contributed by atoms with van der Waals surface area (Å²) in [6.07, 6.45) is 3.45. The molecule has 5 rings (SSSR count). The minimum atomic E-state index is -0.277. The molecule has 0 bridgehead atoms. The molecule has 1 saturated heterocycles. The number of carbonyl (C=O) groups is 1. The summed E-state index contributed by atoms with van der Waals surface area (Å²) in [6, 6.07) is 11.2. The Kier molecular flexibility index (Phi) is 5.20. The fourth-order valence-electron chi connectivity index (χ4n) is 3.68. The number of rotatable bonds is 4. The molecule has 1 aliphatic heterocycles. The van der Waals surface area contributed by atoms with Gasteiger partial charge in [0.05, 0.1) is 17.3 Å². The van der Waals surface area contributed by atoms with Gasteiger partial charge in [0.25, 0.3) is 5.91 Å². The normalized spacial score (nSPS) is 14.6.